The lowest BCUT2D eigenvalue weighted by atomic mass is 9.94. The van der Waals surface area contributed by atoms with Crippen LogP contribution in [0.25, 0.3) is 32.3 Å². The van der Waals surface area contributed by atoms with Crippen LogP contribution in [0.2, 0.25) is 39.3 Å². The summed E-state index contributed by atoms with van der Waals surface area (Å²) in [6, 6.07) is 15.9. The summed E-state index contributed by atoms with van der Waals surface area (Å²) in [4.78, 5) is 0. The molecule has 0 aliphatic rings. The minimum absolute atomic E-state index is 0.141. The largest absolute Gasteiger partial charge is 0.0708 e. The van der Waals surface area contributed by atoms with E-state index in [9.17, 15) is 0 Å². The van der Waals surface area contributed by atoms with E-state index in [0.29, 0.717) is 0 Å². The third-order valence-corrected chi connectivity index (χ3v) is 17.2. The lowest BCUT2D eigenvalue weighted by molar-refractivity contribution is 1.87. The molecule has 0 aliphatic heterocycles. The summed E-state index contributed by atoms with van der Waals surface area (Å²) in [5, 5.41) is 19.8. The van der Waals surface area contributed by atoms with Gasteiger partial charge in [0.05, 0.1) is 57.1 Å². The fraction of sp³-hybridized carbons (Fsp3) is 0.250. The normalized spacial score (nSPS) is 14.2. The smallest absolute Gasteiger partial charge is 0.0515 e. The Labute approximate surface area is 195 Å². The van der Waals surface area contributed by atoms with Gasteiger partial charge < -0.3 is 0 Å². The van der Waals surface area contributed by atoms with E-state index in [1.165, 1.54) is 0 Å². The summed E-state index contributed by atoms with van der Waals surface area (Å²) < 4.78 is 0. The summed E-state index contributed by atoms with van der Waals surface area (Å²) in [6.45, 7) is 14.8. The third-order valence-electron chi connectivity index (χ3n) is 7.18. The maximum Gasteiger partial charge on any atom is 0.0515 e. The van der Waals surface area contributed by atoms with Gasteiger partial charge in [-0.25, -0.2) is 0 Å². The molecule has 0 aromatic heterocycles. The van der Waals surface area contributed by atoms with Crippen LogP contribution in [0.3, 0.4) is 0 Å². The molecule has 6 heteroatoms. The number of hydrogen-bond donors (Lipinski definition) is 0. The highest BCUT2D eigenvalue weighted by Crippen LogP contribution is 2.33. The van der Waals surface area contributed by atoms with Gasteiger partial charge in [0.15, 0.2) is 0 Å². The number of benzene rings is 4. The maximum absolute atomic E-state index is 2.64. The van der Waals surface area contributed by atoms with Crippen LogP contribution in [-0.4, -0.2) is 57.1 Å². The summed E-state index contributed by atoms with van der Waals surface area (Å²) in [5.41, 5.74) is 0. The Morgan fingerprint density at radius 3 is 0.533 bits per heavy atom. The molecule has 0 fully saturated rings. The summed E-state index contributed by atoms with van der Waals surface area (Å²) in [7, 11) is -0.849. The van der Waals surface area contributed by atoms with Crippen LogP contribution in [0.5, 0.6) is 0 Å². The fourth-order valence-electron chi connectivity index (χ4n) is 5.38. The average Bonchev–Trinajstić information content (AvgIpc) is 2.81. The van der Waals surface area contributed by atoms with Crippen LogP contribution in [0.1, 0.15) is 0 Å². The molecule has 0 radical (unpaired) electrons. The first kappa shape index (κ1) is 22.2. The molecule has 0 heterocycles. The molecule has 0 spiro atoms. The molecular formula is C24H36Si6. The van der Waals surface area contributed by atoms with Crippen LogP contribution < -0.4 is 31.1 Å². The monoisotopic (exact) mass is 492 g/mol. The zero-order chi connectivity index (χ0) is 21.4. The van der Waals surface area contributed by atoms with Crippen molar-refractivity contribution in [2.45, 2.75) is 39.3 Å². The van der Waals surface area contributed by atoms with Crippen molar-refractivity contribution in [1.82, 2.24) is 0 Å². The highest BCUT2D eigenvalue weighted by atomic mass is 28.2. The van der Waals surface area contributed by atoms with Crippen molar-refractivity contribution in [2.75, 3.05) is 0 Å². The van der Waals surface area contributed by atoms with E-state index in [-0.39, 0.29) is 57.1 Å². The summed E-state index contributed by atoms with van der Waals surface area (Å²) in [5.74, 6) is 0. The third kappa shape index (κ3) is 3.61. The quantitative estimate of drug-likeness (QED) is 0.220. The van der Waals surface area contributed by atoms with E-state index in [4.69, 9.17) is 0 Å². The van der Waals surface area contributed by atoms with Crippen LogP contribution in [0, 0.1) is 0 Å². The predicted molar refractivity (Wildman–Crippen MR) is 163 cm³/mol. The Balaban J connectivity index is 2.29. The first-order valence-corrected chi connectivity index (χ1v) is 24.8. The van der Waals surface area contributed by atoms with Gasteiger partial charge in [-0.2, -0.15) is 0 Å². The van der Waals surface area contributed by atoms with Gasteiger partial charge in [-0.3, -0.25) is 0 Å². The molecular weight excluding hydrogens is 457 g/mol. The minimum atomic E-state index is -0.141. The van der Waals surface area contributed by atoms with Crippen LogP contribution in [-0.2, 0) is 0 Å². The Kier molecular flexibility index (Phi) is 6.81. The molecule has 0 unspecified atom stereocenters. The van der Waals surface area contributed by atoms with Crippen molar-refractivity contribution >= 4 is 121 Å². The van der Waals surface area contributed by atoms with Gasteiger partial charge in [-0.1, -0.05) is 107 Å². The van der Waals surface area contributed by atoms with Crippen LogP contribution >= 0.6 is 0 Å². The van der Waals surface area contributed by atoms with Crippen molar-refractivity contribution in [1.29, 1.82) is 0 Å². The van der Waals surface area contributed by atoms with Gasteiger partial charge in [-0.15, -0.1) is 0 Å². The zero-order valence-corrected chi connectivity index (χ0v) is 28.2. The second-order valence-electron chi connectivity index (χ2n) is 8.62. The summed E-state index contributed by atoms with van der Waals surface area (Å²) >= 11 is 0. The Morgan fingerprint density at radius 2 is 0.433 bits per heavy atom. The first-order valence-electron chi connectivity index (χ1n) is 12.1. The van der Waals surface area contributed by atoms with Crippen molar-refractivity contribution in [3.05, 3.63) is 36.4 Å². The molecule has 0 N–H and O–H groups in total. The molecule has 156 valence electrons. The molecule has 4 aromatic rings. The molecule has 0 saturated carbocycles. The van der Waals surface area contributed by atoms with Crippen LogP contribution in [0.4, 0.5) is 0 Å². The van der Waals surface area contributed by atoms with Crippen LogP contribution in [0.15, 0.2) is 36.4 Å². The predicted octanol–water partition coefficient (Wildman–Crippen LogP) is -1.80. The van der Waals surface area contributed by atoms with E-state index < -0.39 is 0 Å². The average molecular weight is 493 g/mol. The second-order valence-corrected chi connectivity index (χ2v) is 17.4. The van der Waals surface area contributed by atoms with Gasteiger partial charge in [0.25, 0.3) is 0 Å². The topological polar surface area (TPSA) is 0 Å². The van der Waals surface area contributed by atoms with Gasteiger partial charge in [0, 0.05) is 0 Å². The number of fused-ring (bicyclic) bond motifs is 6. The van der Waals surface area contributed by atoms with Crippen molar-refractivity contribution < 1.29 is 0 Å². The highest BCUT2D eigenvalue weighted by molar-refractivity contribution is 6.68. The molecule has 0 saturated heterocycles. The Morgan fingerprint density at radius 1 is 0.300 bits per heavy atom. The van der Waals surface area contributed by atoms with E-state index >= 15 is 0 Å². The van der Waals surface area contributed by atoms with Crippen molar-refractivity contribution in [3.63, 3.8) is 0 Å². The molecule has 0 atom stereocenters. The van der Waals surface area contributed by atoms with Gasteiger partial charge in [0.1, 0.15) is 0 Å². The van der Waals surface area contributed by atoms with E-state index in [1.807, 2.05) is 0 Å². The lowest BCUT2D eigenvalue weighted by Gasteiger charge is -2.19. The summed E-state index contributed by atoms with van der Waals surface area (Å²) in [6.07, 6.45) is 0. The first-order chi connectivity index (χ1) is 14.6. The second kappa shape index (κ2) is 9.22. The standard InChI is InChI=1S/C24H36Si6/c1-25-19-7-13-14(8-20(19)26-2)16-10-22(28-4)24(30-6)12-18(16)17-11-23(29-5)21(27-3)9-15(13)17/h7-12H,25-30H2,1-6H3. The molecule has 4 rings (SSSR count). The molecule has 30 heavy (non-hydrogen) atoms. The van der Waals surface area contributed by atoms with Gasteiger partial charge in [0.2, 0.25) is 0 Å². The van der Waals surface area contributed by atoms with Gasteiger partial charge >= 0.3 is 0 Å². The number of hydrogen-bond acceptors (Lipinski definition) is 0. The Bertz CT molecular complexity index is 979. The number of rotatable bonds is 6. The maximum atomic E-state index is 2.64. The van der Waals surface area contributed by atoms with E-state index in [2.05, 4.69) is 75.7 Å². The molecule has 0 amide bonds. The molecule has 4 aromatic carbocycles. The molecule has 0 bridgehead atoms. The SMILES string of the molecule is C[SiH2]c1cc2c3cc([SiH2]C)c([SiH2]C)cc3c3cc([SiH2]C)c([SiH2]C)cc3c2cc1[SiH2]C. The lowest BCUT2D eigenvalue weighted by Crippen LogP contribution is -2.35. The van der Waals surface area contributed by atoms with E-state index in [0.717, 1.165) is 0 Å². The van der Waals surface area contributed by atoms with Crippen molar-refractivity contribution in [2.24, 2.45) is 0 Å². The zero-order valence-electron chi connectivity index (χ0n) is 19.7. The molecule has 0 nitrogen and oxygen atoms in total. The highest BCUT2D eigenvalue weighted by Gasteiger charge is 2.15. The molecule has 0 aliphatic carbocycles. The fourth-order valence-corrected chi connectivity index (χ4v) is 15.7. The Hall–Kier alpha value is -1.04. The van der Waals surface area contributed by atoms with Crippen molar-refractivity contribution in [3.8, 4) is 0 Å². The van der Waals surface area contributed by atoms with Gasteiger partial charge in [-0.05, 0) is 32.3 Å². The minimum Gasteiger partial charge on any atom is -0.0708 e. The van der Waals surface area contributed by atoms with E-state index in [1.54, 1.807) is 63.4 Å².